The minimum absolute atomic E-state index is 0.0137. The number of para-hydroxylation sites is 1. The molecule has 1 N–H and O–H groups in total. The van der Waals surface area contributed by atoms with Crippen LogP contribution in [0.2, 0.25) is 0 Å². The molecule has 7 heteroatoms. The number of nitrogens with one attached hydrogen (secondary N) is 1. The van der Waals surface area contributed by atoms with E-state index in [2.05, 4.69) is 38.2 Å². The third-order valence-corrected chi connectivity index (χ3v) is 5.62. The maximum absolute atomic E-state index is 13.2. The Bertz CT molecular complexity index is 1220. The molecule has 6 nitrogen and oxygen atoms in total. The second-order valence-electron chi connectivity index (χ2n) is 7.95. The van der Waals surface area contributed by atoms with Crippen LogP contribution in [0.3, 0.4) is 0 Å². The number of carbonyl (C=O) groups is 1. The summed E-state index contributed by atoms with van der Waals surface area (Å²) in [6.07, 6.45) is 2.12. The van der Waals surface area contributed by atoms with Gasteiger partial charge in [-0.25, -0.2) is 4.39 Å². The molecule has 2 aromatic carbocycles. The van der Waals surface area contributed by atoms with E-state index >= 15 is 0 Å². The maximum Gasteiger partial charge on any atom is 0.269 e. The van der Waals surface area contributed by atoms with Gasteiger partial charge >= 0.3 is 0 Å². The number of nitrogens with zero attached hydrogens (tertiary/aromatic N) is 4. The van der Waals surface area contributed by atoms with Crippen molar-refractivity contribution in [1.82, 2.24) is 24.6 Å². The Morgan fingerprint density at radius 3 is 2.55 bits per heavy atom. The molecule has 31 heavy (non-hydrogen) atoms. The van der Waals surface area contributed by atoms with E-state index in [1.807, 2.05) is 33.3 Å². The Kier molecular flexibility index (Phi) is 5.61. The van der Waals surface area contributed by atoms with Gasteiger partial charge in [-0.1, -0.05) is 18.2 Å². The van der Waals surface area contributed by atoms with E-state index in [9.17, 15) is 9.18 Å². The summed E-state index contributed by atoms with van der Waals surface area (Å²) in [6, 6.07) is 16.1. The van der Waals surface area contributed by atoms with Crippen molar-refractivity contribution >= 4 is 16.8 Å². The maximum atomic E-state index is 13.2. The van der Waals surface area contributed by atoms with Crippen LogP contribution >= 0.6 is 0 Å². The fraction of sp³-hybridized carbons (Fsp3) is 0.250. The molecule has 0 saturated heterocycles. The fourth-order valence-electron chi connectivity index (χ4n) is 3.93. The third kappa shape index (κ3) is 4.09. The monoisotopic (exact) mass is 419 g/mol. The van der Waals surface area contributed by atoms with Crippen LogP contribution in [0.1, 0.15) is 22.1 Å². The largest absolute Gasteiger partial charge is 0.350 e. The minimum atomic E-state index is -0.305. The number of carbonyl (C=O) groups excluding carboxylic acids is 1. The van der Waals surface area contributed by atoms with Gasteiger partial charge in [0.05, 0.1) is 11.7 Å². The summed E-state index contributed by atoms with van der Waals surface area (Å²) in [5.74, 6) is -0.503. The van der Waals surface area contributed by atoms with E-state index in [1.165, 1.54) is 23.1 Å². The van der Waals surface area contributed by atoms with E-state index in [-0.39, 0.29) is 17.8 Å². The number of likely N-dealkylation sites (N-methyl/N-ethyl adjacent to an activating group) is 1. The summed E-state index contributed by atoms with van der Waals surface area (Å²) in [7, 11) is 7.78. The van der Waals surface area contributed by atoms with Crippen molar-refractivity contribution in [2.24, 2.45) is 14.1 Å². The molecule has 2 aromatic heterocycles. The molecule has 0 aliphatic heterocycles. The summed E-state index contributed by atoms with van der Waals surface area (Å²) in [5.41, 5.74) is 4.17. The second-order valence-corrected chi connectivity index (χ2v) is 7.95. The van der Waals surface area contributed by atoms with E-state index in [0.717, 1.165) is 11.1 Å². The van der Waals surface area contributed by atoms with Crippen molar-refractivity contribution in [1.29, 1.82) is 0 Å². The van der Waals surface area contributed by atoms with Gasteiger partial charge in [-0.05, 0) is 56.1 Å². The third-order valence-electron chi connectivity index (χ3n) is 5.62. The predicted octanol–water partition coefficient (Wildman–Crippen LogP) is 3.75. The highest BCUT2D eigenvalue weighted by Crippen LogP contribution is 2.28. The average molecular weight is 420 g/mol. The molecule has 0 spiro atoms. The molecule has 0 aliphatic rings. The molecule has 0 radical (unpaired) electrons. The van der Waals surface area contributed by atoms with Crippen LogP contribution < -0.4 is 5.32 Å². The molecule has 2 heterocycles. The molecule has 4 aromatic rings. The lowest BCUT2D eigenvalue weighted by Crippen LogP contribution is -2.35. The minimum Gasteiger partial charge on any atom is -0.350 e. The number of aryl methyl sites for hydroxylation is 2. The first-order chi connectivity index (χ1) is 14.8. The Morgan fingerprint density at radius 1 is 1.13 bits per heavy atom. The van der Waals surface area contributed by atoms with Crippen molar-refractivity contribution in [2.75, 3.05) is 20.6 Å². The van der Waals surface area contributed by atoms with Crippen LogP contribution in [-0.2, 0) is 14.1 Å². The van der Waals surface area contributed by atoms with Crippen molar-refractivity contribution in [3.63, 3.8) is 0 Å². The molecule has 0 aliphatic carbocycles. The van der Waals surface area contributed by atoms with Crippen LogP contribution in [0, 0.1) is 5.82 Å². The molecule has 1 unspecified atom stereocenters. The fourth-order valence-corrected chi connectivity index (χ4v) is 3.93. The van der Waals surface area contributed by atoms with Crippen molar-refractivity contribution in [3.8, 4) is 11.3 Å². The molecule has 160 valence electrons. The highest BCUT2D eigenvalue weighted by molar-refractivity contribution is 5.93. The van der Waals surface area contributed by atoms with Gasteiger partial charge in [0.2, 0.25) is 0 Å². The van der Waals surface area contributed by atoms with E-state index in [0.29, 0.717) is 17.9 Å². The molecule has 0 saturated carbocycles. The molecule has 1 amide bonds. The van der Waals surface area contributed by atoms with E-state index < -0.39 is 0 Å². The van der Waals surface area contributed by atoms with E-state index in [4.69, 9.17) is 0 Å². The van der Waals surface area contributed by atoms with Gasteiger partial charge in [-0.15, -0.1) is 0 Å². The van der Waals surface area contributed by atoms with Crippen LogP contribution in [0.4, 0.5) is 4.39 Å². The van der Waals surface area contributed by atoms with Crippen LogP contribution in [0.5, 0.6) is 0 Å². The summed E-state index contributed by atoms with van der Waals surface area (Å²) < 4.78 is 16.9. The highest BCUT2D eigenvalue weighted by atomic mass is 19.1. The topological polar surface area (TPSA) is 55.1 Å². The van der Waals surface area contributed by atoms with Crippen LogP contribution in [0.15, 0.2) is 60.8 Å². The zero-order chi connectivity index (χ0) is 22.1. The number of fused-ring (bicyclic) bond motifs is 1. The average Bonchev–Trinajstić information content (AvgIpc) is 3.29. The van der Waals surface area contributed by atoms with E-state index in [1.54, 1.807) is 29.9 Å². The zero-order valence-corrected chi connectivity index (χ0v) is 18.1. The molecular weight excluding hydrogens is 393 g/mol. The zero-order valence-electron chi connectivity index (χ0n) is 18.1. The quantitative estimate of drug-likeness (QED) is 0.518. The summed E-state index contributed by atoms with van der Waals surface area (Å²) in [6.45, 7) is 0.455. The first kappa shape index (κ1) is 20.8. The molecule has 1 atom stereocenters. The summed E-state index contributed by atoms with van der Waals surface area (Å²) >= 11 is 0. The van der Waals surface area contributed by atoms with Gasteiger partial charge in [0.1, 0.15) is 11.5 Å². The predicted molar refractivity (Wildman–Crippen MR) is 120 cm³/mol. The lowest BCUT2D eigenvalue weighted by molar-refractivity contribution is 0.0932. The van der Waals surface area contributed by atoms with Gasteiger partial charge in [0.15, 0.2) is 0 Å². The summed E-state index contributed by atoms with van der Waals surface area (Å²) in [4.78, 5) is 15.0. The molecular formula is C24H26FN5O. The second kappa shape index (κ2) is 8.35. The molecule has 0 bridgehead atoms. The Labute approximate surface area is 180 Å². The van der Waals surface area contributed by atoms with Crippen molar-refractivity contribution < 1.29 is 9.18 Å². The number of hydrogen-bond acceptors (Lipinski definition) is 3. The standard InChI is InChI=1S/C24H26FN5O/c1-28(2)23(19-15-29(3)21-8-6-5-7-18(19)21)14-26-24(31)22-13-20(27-30(22)4)16-9-11-17(25)12-10-16/h5-13,15,23H,14H2,1-4H3,(H,26,31). The first-order valence-corrected chi connectivity index (χ1v) is 10.1. The number of halogens is 1. The van der Waals surface area contributed by atoms with Crippen molar-refractivity contribution in [2.45, 2.75) is 6.04 Å². The Balaban J connectivity index is 1.55. The lowest BCUT2D eigenvalue weighted by Gasteiger charge is -2.24. The number of rotatable bonds is 6. The van der Waals surface area contributed by atoms with Crippen LogP contribution in [0.25, 0.3) is 22.2 Å². The van der Waals surface area contributed by atoms with Crippen molar-refractivity contribution in [3.05, 3.63) is 77.9 Å². The SMILES string of the molecule is CN(C)C(CNC(=O)c1cc(-c2ccc(F)cc2)nn1C)c1cn(C)c2ccccc12. The smallest absolute Gasteiger partial charge is 0.269 e. The number of aromatic nitrogens is 3. The normalized spacial score (nSPS) is 12.5. The van der Waals surface area contributed by atoms with Gasteiger partial charge in [-0.2, -0.15) is 5.10 Å². The van der Waals surface area contributed by atoms with Crippen LogP contribution in [-0.4, -0.2) is 45.8 Å². The summed E-state index contributed by atoms with van der Waals surface area (Å²) in [5, 5.41) is 8.65. The number of benzene rings is 2. The number of hydrogen-bond donors (Lipinski definition) is 1. The Morgan fingerprint density at radius 2 is 1.84 bits per heavy atom. The van der Waals surface area contributed by atoms with Gasteiger partial charge < -0.3 is 14.8 Å². The molecule has 4 rings (SSSR count). The first-order valence-electron chi connectivity index (χ1n) is 10.1. The van der Waals surface area contributed by atoms with Gasteiger partial charge in [0, 0.05) is 43.3 Å². The molecule has 0 fully saturated rings. The highest BCUT2D eigenvalue weighted by Gasteiger charge is 2.21. The lowest BCUT2D eigenvalue weighted by atomic mass is 10.0. The van der Waals surface area contributed by atoms with Gasteiger partial charge in [-0.3, -0.25) is 9.48 Å². The van der Waals surface area contributed by atoms with Gasteiger partial charge in [0.25, 0.3) is 5.91 Å². The number of amides is 1. The Hall–Kier alpha value is -3.45.